The molecule has 0 N–H and O–H groups in total. The van der Waals surface area contributed by atoms with Gasteiger partial charge in [0.25, 0.3) is 0 Å². The predicted molar refractivity (Wildman–Crippen MR) is 67.2 cm³/mol. The summed E-state index contributed by atoms with van der Waals surface area (Å²) < 4.78 is 8.35. The maximum atomic E-state index is 5.93. The van der Waals surface area contributed by atoms with Crippen molar-refractivity contribution >= 4 is 0 Å². The van der Waals surface area contributed by atoms with E-state index in [1.54, 1.807) is 0 Å². The van der Waals surface area contributed by atoms with Crippen LogP contribution in [0.3, 0.4) is 0 Å². The molecule has 0 bridgehead atoms. The molecule has 2 heterocycles. The lowest BCUT2D eigenvalue weighted by molar-refractivity contribution is 0.0449. The van der Waals surface area contributed by atoms with E-state index in [4.69, 9.17) is 9.72 Å². The molecule has 3 rings (SSSR count). The van der Waals surface area contributed by atoms with Crippen LogP contribution < -0.4 is 0 Å². The van der Waals surface area contributed by atoms with Crippen molar-refractivity contribution in [2.75, 3.05) is 0 Å². The van der Waals surface area contributed by atoms with E-state index in [9.17, 15) is 0 Å². The minimum atomic E-state index is 0.406. The van der Waals surface area contributed by atoms with Crippen LogP contribution in [0.4, 0.5) is 0 Å². The monoisotopic (exact) mass is 234 g/mol. The number of aryl methyl sites for hydroxylation is 2. The average molecular weight is 234 g/mol. The molecular formula is C14H22N2O. The normalized spacial score (nSPS) is 28.4. The molecule has 1 aromatic rings. The summed E-state index contributed by atoms with van der Waals surface area (Å²) in [5.74, 6) is 1.18. The molecule has 3 nitrogen and oxygen atoms in total. The second-order valence-corrected chi connectivity index (χ2v) is 5.52. The molecule has 94 valence electrons. The summed E-state index contributed by atoms with van der Waals surface area (Å²) in [6.07, 6.45) is 8.27. The molecule has 1 aliphatic carbocycles. The molecule has 0 amide bonds. The SMILES string of the molecule is Cc1nc2c(n1CC1CCC(C)O1)CCCC2. The Morgan fingerprint density at radius 1 is 1.29 bits per heavy atom. The fraction of sp³-hybridized carbons (Fsp3) is 0.786. The first-order chi connectivity index (χ1) is 8.24. The third-order valence-electron chi connectivity index (χ3n) is 4.13. The molecule has 0 aromatic carbocycles. The Morgan fingerprint density at radius 3 is 2.88 bits per heavy atom. The largest absolute Gasteiger partial charge is 0.373 e. The third-order valence-corrected chi connectivity index (χ3v) is 4.13. The standard InChI is InChI=1S/C14H22N2O/c1-10-7-8-12(17-10)9-16-11(2)15-13-5-3-4-6-14(13)16/h10,12H,3-9H2,1-2H3. The molecule has 2 unspecified atom stereocenters. The highest BCUT2D eigenvalue weighted by Gasteiger charge is 2.25. The maximum absolute atomic E-state index is 5.93. The van der Waals surface area contributed by atoms with Gasteiger partial charge in [-0.2, -0.15) is 0 Å². The lowest BCUT2D eigenvalue weighted by atomic mass is 10.0. The quantitative estimate of drug-likeness (QED) is 0.786. The zero-order valence-electron chi connectivity index (χ0n) is 10.9. The first-order valence-electron chi connectivity index (χ1n) is 6.94. The first kappa shape index (κ1) is 11.3. The molecule has 17 heavy (non-hydrogen) atoms. The topological polar surface area (TPSA) is 27.1 Å². The molecule has 2 aliphatic rings. The van der Waals surface area contributed by atoms with E-state index in [0.717, 1.165) is 6.54 Å². The second kappa shape index (κ2) is 4.45. The van der Waals surface area contributed by atoms with Gasteiger partial charge in [0, 0.05) is 5.69 Å². The van der Waals surface area contributed by atoms with Gasteiger partial charge in [0.1, 0.15) is 5.82 Å². The summed E-state index contributed by atoms with van der Waals surface area (Å²) >= 11 is 0. The molecule has 3 heteroatoms. The molecule has 2 atom stereocenters. The van der Waals surface area contributed by atoms with E-state index in [1.165, 1.54) is 55.7 Å². The fourth-order valence-corrected chi connectivity index (χ4v) is 3.20. The van der Waals surface area contributed by atoms with Gasteiger partial charge in [-0.1, -0.05) is 0 Å². The van der Waals surface area contributed by atoms with E-state index in [1.807, 2.05) is 0 Å². The van der Waals surface area contributed by atoms with Gasteiger partial charge in [0.05, 0.1) is 24.4 Å². The van der Waals surface area contributed by atoms with Crippen LogP contribution in [0.5, 0.6) is 0 Å². The van der Waals surface area contributed by atoms with Crippen molar-refractivity contribution in [2.24, 2.45) is 0 Å². The van der Waals surface area contributed by atoms with E-state index in [2.05, 4.69) is 18.4 Å². The van der Waals surface area contributed by atoms with Gasteiger partial charge in [0.15, 0.2) is 0 Å². The second-order valence-electron chi connectivity index (χ2n) is 5.52. The van der Waals surface area contributed by atoms with Gasteiger partial charge in [-0.3, -0.25) is 0 Å². The van der Waals surface area contributed by atoms with Crippen LogP contribution in [0.15, 0.2) is 0 Å². The Bertz CT molecular complexity index is 411. The van der Waals surface area contributed by atoms with Crippen LogP contribution in [-0.2, 0) is 24.1 Å². The number of imidazole rings is 1. The van der Waals surface area contributed by atoms with Crippen LogP contribution in [0.2, 0.25) is 0 Å². The number of hydrogen-bond donors (Lipinski definition) is 0. The maximum Gasteiger partial charge on any atom is 0.106 e. The van der Waals surface area contributed by atoms with Crippen molar-refractivity contribution in [1.29, 1.82) is 0 Å². The molecule has 1 aromatic heterocycles. The number of aromatic nitrogens is 2. The summed E-state index contributed by atoms with van der Waals surface area (Å²) in [6.45, 7) is 5.32. The van der Waals surface area contributed by atoms with Gasteiger partial charge in [-0.25, -0.2) is 4.98 Å². The Balaban J connectivity index is 1.80. The molecule has 1 saturated heterocycles. The van der Waals surface area contributed by atoms with Crippen LogP contribution in [0.25, 0.3) is 0 Å². The van der Waals surface area contributed by atoms with Crippen molar-refractivity contribution in [3.05, 3.63) is 17.2 Å². The Morgan fingerprint density at radius 2 is 2.12 bits per heavy atom. The van der Waals surface area contributed by atoms with Gasteiger partial charge in [0.2, 0.25) is 0 Å². The molecule has 0 saturated carbocycles. The van der Waals surface area contributed by atoms with Crippen LogP contribution in [-0.4, -0.2) is 21.8 Å². The summed E-state index contributed by atoms with van der Waals surface area (Å²) in [7, 11) is 0. The lowest BCUT2D eigenvalue weighted by Crippen LogP contribution is -2.20. The Hall–Kier alpha value is -0.830. The number of fused-ring (bicyclic) bond motifs is 1. The number of ether oxygens (including phenoxy) is 1. The van der Waals surface area contributed by atoms with Crippen molar-refractivity contribution in [3.8, 4) is 0 Å². The third kappa shape index (κ3) is 2.13. The van der Waals surface area contributed by atoms with Gasteiger partial charge in [-0.05, 0) is 52.4 Å². The van der Waals surface area contributed by atoms with Crippen molar-refractivity contribution in [3.63, 3.8) is 0 Å². The van der Waals surface area contributed by atoms with Crippen molar-refractivity contribution < 1.29 is 4.74 Å². The zero-order valence-corrected chi connectivity index (χ0v) is 10.9. The lowest BCUT2D eigenvalue weighted by Gasteiger charge is -2.18. The summed E-state index contributed by atoms with van der Waals surface area (Å²) in [5.41, 5.74) is 2.83. The number of nitrogens with zero attached hydrogens (tertiary/aromatic N) is 2. The van der Waals surface area contributed by atoms with Crippen LogP contribution >= 0.6 is 0 Å². The highest BCUT2D eigenvalue weighted by atomic mass is 16.5. The number of rotatable bonds is 2. The van der Waals surface area contributed by atoms with Crippen molar-refractivity contribution in [1.82, 2.24) is 9.55 Å². The van der Waals surface area contributed by atoms with Gasteiger partial charge >= 0.3 is 0 Å². The van der Waals surface area contributed by atoms with E-state index < -0.39 is 0 Å². The Labute approximate surface area is 103 Å². The highest BCUT2D eigenvalue weighted by Crippen LogP contribution is 2.25. The minimum Gasteiger partial charge on any atom is -0.373 e. The first-order valence-corrected chi connectivity index (χ1v) is 6.94. The van der Waals surface area contributed by atoms with E-state index in [-0.39, 0.29) is 0 Å². The summed E-state index contributed by atoms with van der Waals surface area (Å²) in [6, 6.07) is 0. The highest BCUT2D eigenvalue weighted by molar-refractivity contribution is 5.20. The zero-order chi connectivity index (χ0) is 11.8. The van der Waals surface area contributed by atoms with Crippen LogP contribution in [0, 0.1) is 6.92 Å². The Kier molecular flexibility index (Phi) is 2.95. The van der Waals surface area contributed by atoms with Gasteiger partial charge < -0.3 is 9.30 Å². The average Bonchev–Trinajstić information content (AvgIpc) is 2.85. The molecule has 0 spiro atoms. The van der Waals surface area contributed by atoms with Gasteiger partial charge in [-0.15, -0.1) is 0 Å². The fourth-order valence-electron chi connectivity index (χ4n) is 3.20. The smallest absolute Gasteiger partial charge is 0.106 e. The molecule has 1 aliphatic heterocycles. The van der Waals surface area contributed by atoms with E-state index in [0.29, 0.717) is 12.2 Å². The van der Waals surface area contributed by atoms with E-state index >= 15 is 0 Å². The predicted octanol–water partition coefficient (Wildman–Crippen LogP) is 2.64. The molecule has 0 radical (unpaired) electrons. The minimum absolute atomic E-state index is 0.406. The summed E-state index contributed by atoms with van der Waals surface area (Å²) in [4.78, 5) is 4.72. The van der Waals surface area contributed by atoms with Crippen molar-refractivity contribution in [2.45, 2.75) is 71.1 Å². The molecular weight excluding hydrogens is 212 g/mol. The number of hydrogen-bond acceptors (Lipinski definition) is 2. The molecule has 1 fully saturated rings. The van der Waals surface area contributed by atoms with Crippen LogP contribution in [0.1, 0.15) is 49.8 Å². The summed E-state index contributed by atoms with van der Waals surface area (Å²) in [5, 5.41) is 0.